The van der Waals surface area contributed by atoms with Crippen molar-refractivity contribution in [3.63, 3.8) is 0 Å². The van der Waals surface area contributed by atoms with Crippen LogP contribution in [-0.4, -0.2) is 21.6 Å². The molecular formula is C22H27NO4S. The van der Waals surface area contributed by atoms with E-state index in [1.807, 2.05) is 26.0 Å². The summed E-state index contributed by atoms with van der Waals surface area (Å²) in [5.41, 5.74) is 1.80. The molecule has 0 saturated carbocycles. The van der Waals surface area contributed by atoms with E-state index in [9.17, 15) is 13.7 Å². The molecule has 28 heavy (non-hydrogen) atoms. The minimum atomic E-state index is -3.88. The lowest BCUT2D eigenvalue weighted by Gasteiger charge is -2.20. The first-order chi connectivity index (χ1) is 13.4. The molecule has 0 amide bonds. The van der Waals surface area contributed by atoms with E-state index in [2.05, 4.69) is 6.07 Å². The Kier molecular flexibility index (Phi) is 8.04. The maximum absolute atomic E-state index is 12.7. The first-order valence-electron chi connectivity index (χ1n) is 9.43. The van der Waals surface area contributed by atoms with E-state index in [4.69, 9.17) is 8.92 Å². The second kappa shape index (κ2) is 10.3. The van der Waals surface area contributed by atoms with E-state index in [-0.39, 0.29) is 4.90 Å². The molecule has 0 bridgehead atoms. The Balaban J connectivity index is 2.19. The Hall–Kier alpha value is -2.36. The van der Waals surface area contributed by atoms with Gasteiger partial charge in [-0.15, -0.1) is 0 Å². The lowest BCUT2D eigenvalue weighted by molar-refractivity contribution is 0.181. The molecular weight excluding hydrogens is 374 g/mol. The zero-order chi connectivity index (χ0) is 20.6. The van der Waals surface area contributed by atoms with Gasteiger partial charge in [-0.25, -0.2) is 0 Å². The van der Waals surface area contributed by atoms with E-state index >= 15 is 0 Å². The minimum Gasteiger partial charge on any atom is -0.497 e. The van der Waals surface area contributed by atoms with Gasteiger partial charge in [0, 0.05) is 0 Å². The van der Waals surface area contributed by atoms with Gasteiger partial charge in [0.05, 0.1) is 30.1 Å². The highest BCUT2D eigenvalue weighted by Gasteiger charge is 2.25. The second-order valence-electron chi connectivity index (χ2n) is 6.82. The molecule has 0 heterocycles. The molecule has 150 valence electrons. The molecule has 5 nitrogen and oxygen atoms in total. The van der Waals surface area contributed by atoms with Gasteiger partial charge in [0.15, 0.2) is 0 Å². The molecule has 2 aromatic rings. The van der Waals surface area contributed by atoms with Crippen molar-refractivity contribution in [2.75, 3.05) is 7.11 Å². The third-order valence-electron chi connectivity index (χ3n) is 4.62. The number of rotatable bonds is 10. The van der Waals surface area contributed by atoms with Crippen LogP contribution in [-0.2, 0) is 14.3 Å². The fraction of sp³-hybridized carbons (Fsp3) is 0.409. The summed E-state index contributed by atoms with van der Waals surface area (Å²) in [6, 6.07) is 16.1. The highest BCUT2D eigenvalue weighted by atomic mass is 32.2. The number of aryl methyl sites for hydroxylation is 1. The molecule has 0 aliphatic rings. The third kappa shape index (κ3) is 6.08. The summed E-state index contributed by atoms with van der Waals surface area (Å²) < 4.78 is 36.1. The van der Waals surface area contributed by atoms with Crippen LogP contribution < -0.4 is 4.74 Å². The van der Waals surface area contributed by atoms with E-state index in [1.165, 1.54) is 0 Å². The predicted molar refractivity (Wildman–Crippen MR) is 109 cm³/mol. The van der Waals surface area contributed by atoms with Gasteiger partial charge in [-0.1, -0.05) is 49.6 Å². The van der Waals surface area contributed by atoms with Crippen LogP contribution in [0.1, 0.15) is 49.7 Å². The third-order valence-corrected chi connectivity index (χ3v) is 6.00. The van der Waals surface area contributed by atoms with E-state index < -0.39 is 22.1 Å². The van der Waals surface area contributed by atoms with Gasteiger partial charge in [0.25, 0.3) is 10.1 Å². The number of ether oxygens (including phenoxy) is 1. The molecule has 0 aliphatic heterocycles. The summed E-state index contributed by atoms with van der Waals surface area (Å²) in [6.07, 6.45) is 2.08. The Labute approximate surface area is 168 Å². The largest absolute Gasteiger partial charge is 0.497 e. The van der Waals surface area contributed by atoms with Crippen molar-refractivity contribution in [3.05, 3.63) is 59.7 Å². The van der Waals surface area contributed by atoms with E-state index in [0.29, 0.717) is 18.6 Å². The van der Waals surface area contributed by atoms with Crippen molar-refractivity contribution >= 4 is 10.1 Å². The van der Waals surface area contributed by atoms with E-state index in [1.54, 1.807) is 43.5 Å². The molecule has 0 N–H and O–H groups in total. The quantitative estimate of drug-likeness (QED) is 0.526. The Morgan fingerprint density at radius 2 is 1.71 bits per heavy atom. The van der Waals surface area contributed by atoms with Crippen molar-refractivity contribution in [1.82, 2.24) is 0 Å². The van der Waals surface area contributed by atoms with Crippen LogP contribution in [0.4, 0.5) is 0 Å². The number of hydrogen-bond donors (Lipinski definition) is 0. The Bertz CT molecular complexity index is 884. The highest BCUT2D eigenvalue weighted by molar-refractivity contribution is 7.86. The molecule has 2 rings (SSSR count). The smallest absolute Gasteiger partial charge is 0.297 e. The maximum atomic E-state index is 12.7. The van der Waals surface area contributed by atoms with Crippen molar-refractivity contribution in [3.8, 4) is 11.8 Å². The molecule has 0 aliphatic carbocycles. The molecule has 6 heteroatoms. The zero-order valence-electron chi connectivity index (χ0n) is 16.6. The van der Waals surface area contributed by atoms with Crippen molar-refractivity contribution < 1.29 is 17.3 Å². The molecule has 0 radical (unpaired) electrons. The van der Waals surface area contributed by atoms with Crippen molar-refractivity contribution in [2.45, 2.75) is 56.4 Å². The fourth-order valence-corrected chi connectivity index (χ4v) is 4.05. The first kappa shape index (κ1) is 21.9. The van der Waals surface area contributed by atoms with Gasteiger partial charge in [0.2, 0.25) is 0 Å². The average Bonchev–Trinajstić information content (AvgIpc) is 2.70. The van der Waals surface area contributed by atoms with Crippen LogP contribution >= 0.6 is 0 Å². The standard InChI is InChI=1S/C22H27NO4S/c1-4-5-6-21(27-28(24,25)22-13-7-17(2)8-14-22)15-19(16-23)18-9-11-20(26-3)12-10-18/h7-14,19,21H,4-6,15H2,1-3H3/t19-,21+/m0/s1. The van der Waals surface area contributed by atoms with Crippen LogP contribution in [0.2, 0.25) is 0 Å². The van der Waals surface area contributed by atoms with Crippen LogP contribution in [0.5, 0.6) is 5.75 Å². The highest BCUT2D eigenvalue weighted by Crippen LogP contribution is 2.28. The predicted octanol–water partition coefficient (Wildman–Crippen LogP) is 4.97. The van der Waals surface area contributed by atoms with Crippen LogP contribution in [0.3, 0.4) is 0 Å². The summed E-state index contributed by atoms with van der Waals surface area (Å²) in [5.74, 6) is 0.252. The number of unbranched alkanes of at least 4 members (excludes halogenated alkanes) is 1. The summed E-state index contributed by atoms with van der Waals surface area (Å²) in [6.45, 7) is 3.93. The number of benzene rings is 2. The number of methoxy groups -OCH3 is 1. The second-order valence-corrected chi connectivity index (χ2v) is 8.39. The summed E-state index contributed by atoms with van der Waals surface area (Å²) >= 11 is 0. The molecule has 0 aromatic heterocycles. The van der Waals surface area contributed by atoms with E-state index in [0.717, 1.165) is 24.0 Å². The normalized spacial score (nSPS) is 13.5. The maximum Gasteiger partial charge on any atom is 0.297 e. The van der Waals surface area contributed by atoms with Crippen LogP contribution in [0.25, 0.3) is 0 Å². The molecule has 0 fully saturated rings. The van der Waals surface area contributed by atoms with Crippen LogP contribution in [0.15, 0.2) is 53.4 Å². The Morgan fingerprint density at radius 1 is 1.07 bits per heavy atom. The lowest BCUT2D eigenvalue weighted by Crippen LogP contribution is -2.21. The summed E-state index contributed by atoms with van der Waals surface area (Å²) in [4.78, 5) is 0.137. The molecule has 0 saturated heterocycles. The van der Waals surface area contributed by atoms with Gasteiger partial charge in [-0.05, 0) is 49.6 Å². The first-order valence-corrected chi connectivity index (χ1v) is 10.8. The SMILES string of the molecule is CCCC[C@H](C[C@@H](C#N)c1ccc(OC)cc1)OS(=O)(=O)c1ccc(C)cc1. The van der Waals surface area contributed by atoms with Crippen LogP contribution in [0, 0.1) is 18.3 Å². The number of nitriles is 1. The fourth-order valence-electron chi connectivity index (χ4n) is 2.94. The molecule has 0 spiro atoms. The van der Waals surface area contributed by atoms with Gasteiger partial charge in [-0.2, -0.15) is 13.7 Å². The number of nitrogens with zero attached hydrogens (tertiary/aromatic N) is 1. The van der Waals surface area contributed by atoms with Gasteiger partial charge >= 0.3 is 0 Å². The average molecular weight is 402 g/mol. The Morgan fingerprint density at radius 3 is 2.25 bits per heavy atom. The van der Waals surface area contributed by atoms with Crippen molar-refractivity contribution in [1.29, 1.82) is 5.26 Å². The van der Waals surface area contributed by atoms with Crippen molar-refractivity contribution in [2.24, 2.45) is 0 Å². The topological polar surface area (TPSA) is 76.4 Å². The van der Waals surface area contributed by atoms with Gasteiger partial charge in [0.1, 0.15) is 5.75 Å². The molecule has 2 aromatic carbocycles. The summed E-state index contributed by atoms with van der Waals surface area (Å²) in [5, 5.41) is 9.64. The molecule has 2 atom stereocenters. The monoisotopic (exact) mass is 401 g/mol. The van der Waals surface area contributed by atoms with Gasteiger partial charge < -0.3 is 4.74 Å². The zero-order valence-corrected chi connectivity index (χ0v) is 17.4. The number of hydrogen-bond acceptors (Lipinski definition) is 5. The minimum absolute atomic E-state index is 0.137. The summed E-state index contributed by atoms with van der Waals surface area (Å²) in [7, 11) is -2.30. The molecule has 0 unspecified atom stereocenters. The lowest BCUT2D eigenvalue weighted by atomic mass is 9.93. The van der Waals surface area contributed by atoms with Gasteiger partial charge in [-0.3, -0.25) is 4.18 Å².